The Kier molecular flexibility index (Phi) is 5.35. The number of carbonyl (C=O) groups is 1. The quantitative estimate of drug-likeness (QED) is 0.500. The second-order valence-corrected chi connectivity index (χ2v) is 6.27. The number of ether oxygens (including phenoxy) is 1. The Morgan fingerprint density at radius 2 is 1.85 bits per heavy atom. The molecule has 0 saturated heterocycles. The third-order valence-electron chi connectivity index (χ3n) is 4.35. The summed E-state index contributed by atoms with van der Waals surface area (Å²) in [4.78, 5) is 23.1. The molecule has 6 nitrogen and oxygen atoms in total. The van der Waals surface area contributed by atoms with Crippen molar-refractivity contribution in [3.8, 4) is 5.75 Å². The Bertz CT molecular complexity index is 1000. The highest BCUT2D eigenvalue weighted by atomic mass is 16.6. The molecule has 0 aliphatic carbocycles. The Balaban J connectivity index is 1.77. The van der Waals surface area contributed by atoms with E-state index < -0.39 is 11.0 Å². The van der Waals surface area contributed by atoms with Gasteiger partial charge in [0.25, 0.3) is 11.6 Å². The van der Waals surface area contributed by atoms with Gasteiger partial charge < -0.3 is 10.1 Å². The highest BCUT2D eigenvalue weighted by Gasteiger charge is 2.20. The number of nitro benzene ring substituents is 1. The van der Waals surface area contributed by atoms with Crippen molar-refractivity contribution in [1.29, 1.82) is 0 Å². The zero-order chi connectivity index (χ0) is 19.4. The number of carbonyl (C=O) groups excluding carboxylic acids is 1. The maximum absolute atomic E-state index is 12.6. The number of benzene rings is 3. The van der Waals surface area contributed by atoms with Gasteiger partial charge in [-0.05, 0) is 41.8 Å². The van der Waals surface area contributed by atoms with Gasteiger partial charge in [0.05, 0.1) is 10.6 Å². The van der Waals surface area contributed by atoms with Crippen LogP contribution in [0.15, 0.2) is 60.7 Å². The van der Waals surface area contributed by atoms with E-state index in [2.05, 4.69) is 5.32 Å². The average molecular weight is 364 g/mol. The van der Waals surface area contributed by atoms with E-state index in [0.717, 1.165) is 16.3 Å². The summed E-state index contributed by atoms with van der Waals surface area (Å²) in [5.41, 5.74) is 1.09. The lowest BCUT2D eigenvalue weighted by Crippen LogP contribution is -2.32. The number of nitrogens with zero attached hydrogens (tertiary/aromatic N) is 1. The molecule has 0 aliphatic heterocycles. The van der Waals surface area contributed by atoms with E-state index in [-0.39, 0.29) is 11.6 Å². The third-order valence-corrected chi connectivity index (χ3v) is 4.35. The first kappa shape index (κ1) is 18.4. The summed E-state index contributed by atoms with van der Waals surface area (Å²) < 4.78 is 5.88. The van der Waals surface area contributed by atoms with Crippen LogP contribution in [0, 0.1) is 17.0 Å². The lowest BCUT2D eigenvalue weighted by molar-refractivity contribution is -0.384. The summed E-state index contributed by atoms with van der Waals surface area (Å²) in [5, 5.41) is 15.8. The minimum Gasteiger partial charge on any atom is -0.481 e. The number of hydrogen-bond acceptors (Lipinski definition) is 4. The van der Waals surface area contributed by atoms with Gasteiger partial charge >= 0.3 is 0 Å². The molecule has 0 saturated carbocycles. The fourth-order valence-electron chi connectivity index (χ4n) is 2.80. The number of anilines is 1. The number of rotatable bonds is 6. The van der Waals surface area contributed by atoms with E-state index in [9.17, 15) is 14.9 Å². The smallest absolute Gasteiger partial charge is 0.271 e. The van der Waals surface area contributed by atoms with Gasteiger partial charge in [-0.1, -0.05) is 43.3 Å². The van der Waals surface area contributed by atoms with Crippen molar-refractivity contribution in [3.63, 3.8) is 0 Å². The molecule has 0 heterocycles. The van der Waals surface area contributed by atoms with Gasteiger partial charge in [-0.2, -0.15) is 0 Å². The van der Waals surface area contributed by atoms with Gasteiger partial charge in [0.2, 0.25) is 0 Å². The Morgan fingerprint density at radius 3 is 2.56 bits per heavy atom. The lowest BCUT2D eigenvalue weighted by atomic mass is 10.1. The van der Waals surface area contributed by atoms with Crippen molar-refractivity contribution in [2.75, 3.05) is 5.32 Å². The van der Waals surface area contributed by atoms with Crippen LogP contribution in [0.1, 0.15) is 18.9 Å². The highest BCUT2D eigenvalue weighted by Crippen LogP contribution is 2.24. The summed E-state index contributed by atoms with van der Waals surface area (Å²) in [7, 11) is 0. The largest absolute Gasteiger partial charge is 0.481 e. The molecule has 0 radical (unpaired) electrons. The van der Waals surface area contributed by atoms with Gasteiger partial charge in [-0.3, -0.25) is 14.9 Å². The van der Waals surface area contributed by atoms with Gasteiger partial charge in [-0.15, -0.1) is 0 Å². The molecule has 0 aliphatic rings. The van der Waals surface area contributed by atoms with Gasteiger partial charge in [0.15, 0.2) is 6.10 Å². The first-order chi connectivity index (χ1) is 13.0. The van der Waals surface area contributed by atoms with Gasteiger partial charge in [0.1, 0.15) is 5.75 Å². The molecular formula is C21H20N2O4. The molecule has 0 bridgehead atoms. The summed E-state index contributed by atoms with van der Waals surface area (Å²) >= 11 is 0. The summed E-state index contributed by atoms with van der Waals surface area (Å²) in [6.45, 7) is 3.63. The van der Waals surface area contributed by atoms with Crippen LogP contribution in [-0.4, -0.2) is 16.9 Å². The number of nitro groups is 1. The van der Waals surface area contributed by atoms with Crippen LogP contribution in [0.4, 0.5) is 11.4 Å². The molecule has 27 heavy (non-hydrogen) atoms. The molecule has 3 aromatic rings. The number of nitrogens with one attached hydrogen (secondary N) is 1. The number of amides is 1. The second-order valence-electron chi connectivity index (χ2n) is 6.27. The topological polar surface area (TPSA) is 81.5 Å². The standard InChI is InChI=1S/C21H20N2O4/c1-3-20(27-18-11-9-15-6-4-5-7-16(15)12-18)21(24)22-19-13-17(23(25)26)10-8-14(19)2/h4-13,20H,3H2,1-2H3,(H,22,24). The fraction of sp³-hybridized carbons (Fsp3) is 0.190. The molecule has 1 atom stereocenters. The number of hydrogen-bond donors (Lipinski definition) is 1. The fourth-order valence-corrected chi connectivity index (χ4v) is 2.80. The van der Waals surface area contributed by atoms with Crippen LogP contribution >= 0.6 is 0 Å². The van der Waals surface area contributed by atoms with Crippen molar-refractivity contribution in [2.24, 2.45) is 0 Å². The number of aryl methyl sites for hydroxylation is 1. The molecule has 0 spiro atoms. The molecule has 3 aromatic carbocycles. The maximum Gasteiger partial charge on any atom is 0.271 e. The minimum atomic E-state index is -0.704. The van der Waals surface area contributed by atoms with E-state index in [4.69, 9.17) is 4.74 Å². The van der Waals surface area contributed by atoms with Crippen molar-refractivity contribution in [3.05, 3.63) is 76.3 Å². The molecule has 0 fully saturated rings. The molecule has 0 aromatic heterocycles. The highest BCUT2D eigenvalue weighted by molar-refractivity contribution is 5.95. The first-order valence-corrected chi connectivity index (χ1v) is 8.69. The summed E-state index contributed by atoms with van der Waals surface area (Å²) in [5.74, 6) is 0.265. The van der Waals surface area contributed by atoms with E-state index >= 15 is 0 Å². The van der Waals surface area contributed by atoms with E-state index in [0.29, 0.717) is 17.9 Å². The zero-order valence-corrected chi connectivity index (χ0v) is 15.1. The molecule has 1 amide bonds. The summed E-state index contributed by atoms with van der Waals surface area (Å²) in [6.07, 6.45) is -0.239. The Hall–Kier alpha value is -3.41. The van der Waals surface area contributed by atoms with E-state index in [1.165, 1.54) is 12.1 Å². The second kappa shape index (κ2) is 7.86. The van der Waals surface area contributed by atoms with Crippen LogP contribution in [0.3, 0.4) is 0 Å². The lowest BCUT2D eigenvalue weighted by Gasteiger charge is -2.18. The van der Waals surface area contributed by atoms with Crippen LogP contribution in [0.25, 0.3) is 10.8 Å². The monoisotopic (exact) mass is 364 g/mol. The van der Waals surface area contributed by atoms with Gasteiger partial charge in [0, 0.05) is 12.1 Å². The van der Waals surface area contributed by atoms with E-state index in [1.54, 1.807) is 13.0 Å². The molecule has 1 N–H and O–H groups in total. The van der Waals surface area contributed by atoms with Crippen molar-refractivity contribution in [1.82, 2.24) is 0 Å². The molecular weight excluding hydrogens is 344 g/mol. The molecule has 138 valence electrons. The SMILES string of the molecule is CCC(Oc1ccc2ccccc2c1)C(=O)Nc1cc([N+](=O)[O-])ccc1C. The molecule has 3 rings (SSSR count). The first-order valence-electron chi connectivity index (χ1n) is 8.69. The van der Waals surface area contributed by atoms with Crippen LogP contribution in [-0.2, 0) is 4.79 Å². The Labute approximate surface area is 156 Å². The van der Waals surface area contributed by atoms with E-state index in [1.807, 2.05) is 49.4 Å². The number of fused-ring (bicyclic) bond motifs is 1. The average Bonchev–Trinajstić information content (AvgIpc) is 2.67. The predicted molar refractivity (Wildman–Crippen MR) is 105 cm³/mol. The summed E-state index contributed by atoms with van der Waals surface area (Å²) in [6, 6.07) is 17.9. The van der Waals surface area contributed by atoms with Gasteiger partial charge in [-0.25, -0.2) is 0 Å². The molecule has 1 unspecified atom stereocenters. The van der Waals surface area contributed by atoms with Crippen molar-refractivity contribution >= 4 is 28.1 Å². The third kappa shape index (κ3) is 4.23. The normalized spacial score (nSPS) is 11.8. The van der Waals surface area contributed by atoms with Crippen molar-refractivity contribution < 1.29 is 14.5 Å². The zero-order valence-electron chi connectivity index (χ0n) is 15.1. The number of non-ortho nitro benzene ring substituents is 1. The van der Waals surface area contributed by atoms with Crippen LogP contribution in [0.5, 0.6) is 5.75 Å². The molecule has 6 heteroatoms. The predicted octanol–water partition coefficient (Wildman–Crippen LogP) is 4.85. The van der Waals surface area contributed by atoms with Crippen LogP contribution in [0.2, 0.25) is 0 Å². The minimum absolute atomic E-state index is 0.0700. The Morgan fingerprint density at radius 1 is 1.11 bits per heavy atom. The maximum atomic E-state index is 12.6. The van der Waals surface area contributed by atoms with Crippen molar-refractivity contribution in [2.45, 2.75) is 26.4 Å². The van der Waals surface area contributed by atoms with Crippen LogP contribution < -0.4 is 10.1 Å².